The van der Waals surface area contributed by atoms with Crippen molar-refractivity contribution in [3.63, 3.8) is 0 Å². The third-order valence-electron chi connectivity index (χ3n) is 4.65. The van der Waals surface area contributed by atoms with Crippen LogP contribution in [0.2, 0.25) is 5.02 Å². The summed E-state index contributed by atoms with van der Waals surface area (Å²) in [5.41, 5.74) is 1.29. The van der Waals surface area contributed by atoms with Gasteiger partial charge in [-0.05, 0) is 55.2 Å². The first-order valence-corrected chi connectivity index (χ1v) is 8.91. The van der Waals surface area contributed by atoms with Gasteiger partial charge in [-0.15, -0.1) is 0 Å². The Morgan fingerprint density at radius 2 is 1.73 bits per heavy atom. The molecule has 2 aromatic rings. The highest BCUT2D eigenvalue weighted by Crippen LogP contribution is 2.48. The van der Waals surface area contributed by atoms with Crippen molar-refractivity contribution in [1.82, 2.24) is 0 Å². The number of rotatable bonds is 6. The molecule has 2 aromatic carbocycles. The number of carbonyl (C=O) groups excluding carboxylic acids is 2. The van der Waals surface area contributed by atoms with Gasteiger partial charge in [-0.1, -0.05) is 30.7 Å². The summed E-state index contributed by atoms with van der Waals surface area (Å²) < 4.78 is 5.24. The second kappa shape index (κ2) is 7.38. The Morgan fingerprint density at radius 1 is 1.08 bits per heavy atom. The largest absolute Gasteiger partial charge is 0.495 e. The maximum atomic E-state index is 12.7. The number of anilines is 2. The minimum atomic E-state index is -1.04. The van der Waals surface area contributed by atoms with Gasteiger partial charge in [0, 0.05) is 10.7 Å². The van der Waals surface area contributed by atoms with Crippen molar-refractivity contribution in [2.75, 3.05) is 17.7 Å². The third-order valence-corrected chi connectivity index (χ3v) is 4.88. The number of ether oxygens (including phenoxy) is 1. The molecule has 5 nitrogen and oxygen atoms in total. The molecule has 26 heavy (non-hydrogen) atoms. The van der Waals surface area contributed by atoms with Crippen LogP contribution in [0.15, 0.2) is 42.5 Å². The van der Waals surface area contributed by atoms with Gasteiger partial charge in [0.05, 0.1) is 12.8 Å². The Morgan fingerprint density at radius 3 is 2.31 bits per heavy atom. The molecule has 0 bridgehead atoms. The minimum Gasteiger partial charge on any atom is -0.495 e. The Bertz CT molecular complexity index is 829. The molecule has 0 unspecified atom stereocenters. The van der Waals surface area contributed by atoms with Crippen LogP contribution in [0.4, 0.5) is 11.4 Å². The predicted octanol–water partition coefficient (Wildman–Crippen LogP) is 4.27. The number of carbonyl (C=O) groups is 2. The summed E-state index contributed by atoms with van der Waals surface area (Å²) in [5.74, 6) is -0.143. The molecule has 6 heteroatoms. The molecule has 3 rings (SSSR count). The van der Waals surface area contributed by atoms with E-state index in [9.17, 15) is 9.59 Å². The van der Waals surface area contributed by atoms with E-state index < -0.39 is 5.41 Å². The Labute approximate surface area is 157 Å². The second-order valence-corrected chi connectivity index (χ2v) is 6.82. The number of aryl methyl sites for hydroxylation is 1. The van der Waals surface area contributed by atoms with Gasteiger partial charge >= 0.3 is 0 Å². The van der Waals surface area contributed by atoms with Crippen LogP contribution in [0.1, 0.15) is 25.3 Å². The average Bonchev–Trinajstić information content (AvgIpc) is 3.45. The molecule has 0 atom stereocenters. The first kappa shape index (κ1) is 18.3. The smallest absolute Gasteiger partial charge is 0.240 e. The topological polar surface area (TPSA) is 67.4 Å². The summed E-state index contributed by atoms with van der Waals surface area (Å²) >= 11 is 6.00. The highest BCUT2D eigenvalue weighted by Gasteiger charge is 2.56. The maximum absolute atomic E-state index is 12.7. The molecule has 0 spiro atoms. The van der Waals surface area contributed by atoms with Gasteiger partial charge in [0.1, 0.15) is 11.2 Å². The zero-order valence-corrected chi connectivity index (χ0v) is 15.5. The zero-order chi connectivity index (χ0) is 18.7. The van der Waals surface area contributed by atoms with Gasteiger partial charge in [-0.2, -0.15) is 0 Å². The normalized spacial score (nSPS) is 14.4. The van der Waals surface area contributed by atoms with E-state index in [-0.39, 0.29) is 11.8 Å². The zero-order valence-electron chi connectivity index (χ0n) is 14.8. The fraction of sp³-hybridized carbons (Fsp3) is 0.300. The predicted molar refractivity (Wildman–Crippen MR) is 103 cm³/mol. The number of hydrogen-bond acceptors (Lipinski definition) is 3. The van der Waals surface area contributed by atoms with Crippen LogP contribution < -0.4 is 15.4 Å². The van der Waals surface area contributed by atoms with E-state index in [0.717, 1.165) is 6.42 Å². The van der Waals surface area contributed by atoms with E-state index in [1.54, 1.807) is 18.2 Å². The Hall–Kier alpha value is -2.53. The summed E-state index contributed by atoms with van der Waals surface area (Å²) in [6.07, 6.45) is 1.96. The maximum Gasteiger partial charge on any atom is 0.240 e. The monoisotopic (exact) mass is 372 g/mol. The van der Waals surface area contributed by atoms with E-state index in [1.807, 2.05) is 24.3 Å². The van der Waals surface area contributed by atoms with Crippen LogP contribution in [0.5, 0.6) is 5.75 Å². The molecular weight excluding hydrogens is 352 g/mol. The molecule has 1 aliphatic carbocycles. The number of hydrogen-bond donors (Lipinski definition) is 2. The standard InChI is InChI=1S/C20H21ClN2O3/c1-3-13-4-7-15(8-5-13)22-18(24)20(10-11-20)19(25)23-16-12-14(21)6-9-17(16)26-2/h4-9,12H,3,10-11H2,1-2H3,(H,22,24)(H,23,25). The van der Waals surface area contributed by atoms with Crippen LogP contribution in [0.3, 0.4) is 0 Å². The van der Waals surface area contributed by atoms with Gasteiger partial charge < -0.3 is 15.4 Å². The van der Waals surface area contributed by atoms with Crippen molar-refractivity contribution in [2.45, 2.75) is 26.2 Å². The van der Waals surface area contributed by atoms with Crippen molar-refractivity contribution in [1.29, 1.82) is 0 Å². The molecular formula is C20H21ClN2O3. The first-order chi connectivity index (χ1) is 12.5. The van der Waals surface area contributed by atoms with Crippen LogP contribution in [-0.4, -0.2) is 18.9 Å². The molecule has 0 saturated heterocycles. The molecule has 136 valence electrons. The summed E-state index contributed by atoms with van der Waals surface area (Å²) in [6.45, 7) is 2.07. The molecule has 2 amide bonds. The molecule has 0 aliphatic heterocycles. The highest BCUT2D eigenvalue weighted by atomic mass is 35.5. The molecule has 0 aromatic heterocycles. The number of amides is 2. The van der Waals surface area contributed by atoms with E-state index in [4.69, 9.17) is 16.3 Å². The summed E-state index contributed by atoms with van der Waals surface area (Å²) in [5, 5.41) is 6.10. The first-order valence-electron chi connectivity index (χ1n) is 8.54. The lowest BCUT2D eigenvalue weighted by molar-refractivity contribution is -0.131. The molecule has 0 heterocycles. The molecule has 2 N–H and O–H groups in total. The van der Waals surface area contributed by atoms with Gasteiger partial charge in [0.25, 0.3) is 0 Å². The lowest BCUT2D eigenvalue weighted by Gasteiger charge is -2.17. The lowest BCUT2D eigenvalue weighted by Crippen LogP contribution is -2.35. The highest BCUT2D eigenvalue weighted by molar-refractivity contribution is 6.31. The van der Waals surface area contributed by atoms with Gasteiger partial charge in [0.2, 0.25) is 11.8 Å². The second-order valence-electron chi connectivity index (χ2n) is 6.39. The van der Waals surface area contributed by atoms with Crippen molar-refractivity contribution in [3.05, 3.63) is 53.1 Å². The van der Waals surface area contributed by atoms with Crippen molar-refractivity contribution in [2.24, 2.45) is 5.41 Å². The third kappa shape index (κ3) is 3.68. The van der Waals surface area contributed by atoms with Crippen LogP contribution >= 0.6 is 11.6 Å². The fourth-order valence-electron chi connectivity index (χ4n) is 2.78. The lowest BCUT2D eigenvalue weighted by atomic mass is 10.0. The summed E-state index contributed by atoms with van der Waals surface area (Å²) in [4.78, 5) is 25.4. The Kier molecular flexibility index (Phi) is 5.18. The van der Waals surface area contributed by atoms with Gasteiger partial charge in [0.15, 0.2) is 0 Å². The number of benzene rings is 2. The quantitative estimate of drug-likeness (QED) is 0.744. The van der Waals surface area contributed by atoms with Gasteiger partial charge in [-0.25, -0.2) is 0 Å². The van der Waals surface area contributed by atoms with Crippen LogP contribution in [0.25, 0.3) is 0 Å². The van der Waals surface area contributed by atoms with E-state index in [2.05, 4.69) is 17.6 Å². The van der Waals surface area contributed by atoms with Crippen molar-refractivity contribution < 1.29 is 14.3 Å². The van der Waals surface area contributed by atoms with Gasteiger partial charge in [-0.3, -0.25) is 9.59 Å². The molecule has 1 fully saturated rings. The number of nitrogens with one attached hydrogen (secondary N) is 2. The minimum absolute atomic E-state index is 0.291. The Balaban J connectivity index is 1.72. The molecule has 1 saturated carbocycles. The van der Waals surface area contributed by atoms with E-state index >= 15 is 0 Å². The van der Waals surface area contributed by atoms with Crippen LogP contribution in [0, 0.1) is 5.41 Å². The molecule has 0 radical (unpaired) electrons. The van der Waals surface area contributed by atoms with E-state index in [0.29, 0.717) is 35.0 Å². The average molecular weight is 373 g/mol. The molecule has 1 aliphatic rings. The number of methoxy groups -OCH3 is 1. The fourth-order valence-corrected chi connectivity index (χ4v) is 2.95. The summed E-state index contributed by atoms with van der Waals surface area (Å²) in [7, 11) is 1.51. The van der Waals surface area contributed by atoms with Crippen molar-refractivity contribution >= 4 is 34.8 Å². The van der Waals surface area contributed by atoms with Crippen LogP contribution in [-0.2, 0) is 16.0 Å². The number of halogens is 1. The SMILES string of the molecule is CCc1ccc(NC(=O)C2(C(=O)Nc3cc(Cl)ccc3OC)CC2)cc1. The van der Waals surface area contributed by atoms with E-state index in [1.165, 1.54) is 12.7 Å². The summed E-state index contributed by atoms with van der Waals surface area (Å²) in [6, 6.07) is 12.6. The van der Waals surface area contributed by atoms with Crippen molar-refractivity contribution in [3.8, 4) is 5.75 Å².